The zero-order chi connectivity index (χ0) is 22.0. The Kier molecular flexibility index (Phi) is 8.59. The Morgan fingerprint density at radius 2 is 1.43 bits per heavy atom. The number of alkyl carbamates (subject to hydrolysis) is 1. The Hall–Kier alpha value is -3.15. The average molecular weight is 411 g/mol. The smallest absolute Gasteiger partial charge is 0.408 e. The van der Waals surface area contributed by atoms with Crippen LogP contribution >= 0.6 is 0 Å². The third-order valence-corrected chi connectivity index (χ3v) is 4.18. The van der Waals surface area contributed by atoms with Gasteiger partial charge in [0.25, 0.3) is 0 Å². The second kappa shape index (κ2) is 11.1. The topological polar surface area (TPSA) is 81.7 Å². The lowest BCUT2D eigenvalue weighted by Crippen LogP contribution is -2.44. The lowest BCUT2D eigenvalue weighted by molar-refractivity contribution is -0.146. The molecule has 1 amide bonds. The summed E-state index contributed by atoms with van der Waals surface area (Å²) in [6.45, 7) is 5.42. The molecule has 2 aromatic carbocycles. The number of ketones is 1. The molecule has 0 saturated heterocycles. The van der Waals surface area contributed by atoms with Crippen LogP contribution in [0.25, 0.3) is 0 Å². The Balaban J connectivity index is 1.92. The van der Waals surface area contributed by atoms with Crippen LogP contribution < -0.4 is 5.32 Å². The first-order valence-electron chi connectivity index (χ1n) is 9.98. The highest BCUT2D eigenvalue weighted by atomic mass is 16.6. The summed E-state index contributed by atoms with van der Waals surface area (Å²) in [5.74, 6) is -0.704. The van der Waals surface area contributed by atoms with Crippen LogP contribution in [0.1, 0.15) is 44.7 Å². The SMILES string of the molecule is CC(C)(C)OC(=O)N[C@@H](Cc1ccccc1)C(=O)CCC(=O)OCc1ccccc1. The number of carbonyl (C=O) groups is 3. The molecular weight excluding hydrogens is 382 g/mol. The number of nitrogens with one attached hydrogen (secondary N) is 1. The molecule has 6 heteroatoms. The van der Waals surface area contributed by atoms with E-state index in [1.165, 1.54) is 0 Å². The molecule has 0 bridgehead atoms. The fraction of sp³-hybridized carbons (Fsp3) is 0.375. The number of hydrogen-bond acceptors (Lipinski definition) is 5. The normalized spacial score (nSPS) is 12.0. The van der Waals surface area contributed by atoms with Crippen molar-refractivity contribution in [1.29, 1.82) is 0 Å². The molecule has 1 atom stereocenters. The quantitative estimate of drug-likeness (QED) is 0.625. The number of amides is 1. The molecule has 1 N–H and O–H groups in total. The van der Waals surface area contributed by atoms with Gasteiger partial charge in [0, 0.05) is 6.42 Å². The Morgan fingerprint density at radius 1 is 0.867 bits per heavy atom. The molecule has 0 aliphatic carbocycles. The summed E-state index contributed by atoms with van der Waals surface area (Å²) in [4.78, 5) is 37.0. The molecule has 6 nitrogen and oxygen atoms in total. The number of Topliss-reactive ketones (excluding diaryl/α,β-unsaturated/α-hetero) is 1. The molecule has 0 aliphatic heterocycles. The highest BCUT2D eigenvalue weighted by Crippen LogP contribution is 2.11. The van der Waals surface area contributed by atoms with Crippen LogP contribution in [0.15, 0.2) is 60.7 Å². The Labute approximate surface area is 177 Å². The van der Waals surface area contributed by atoms with Crippen molar-refractivity contribution >= 4 is 17.8 Å². The van der Waals surface area contributed by atoms with Crippen LogP contribution in [0.2, 0.25) is 0 Å². The fourth-order valence-electron chi connectivity index (χ4n) is 2.75. The van der Waals surface area contributed by atoms with Crippen LogP contribution in [-0.2, 0) is 32.1 Å². The lowest BCUT2D eigenvalue weighted by Gasteiger charge is -2.23. The van der Waals surface area contributed by atoms with Gasteiger partial charge in [-0.2, -0.15) is 0 Å². The lowest BCUT2D eigenvalue weighted by atomic mass is 10.00. The van der Waals surface area contributed by atoms with E-state index < -0.39 is 23.7 Å². The number of esters is 1. The second-order valence-corrected chi connectivity index (χ2v) is 8.00. The number of ether oxygens (including phenoxy) is 2. The average Bonchev–Trinajstić information content (AvgIpc) is 2.70. The van der Waals surface area contributed by atoms with E-state index in [4.69, 9.17) is 9.47 Å². The first-order chi connectivity index (χ1) is 14.2. The summed E-state index contributed by atoms with van der Waals surface area (Å²) in [6.07, 6.45) is -0.422. The van der Waals surface area contributed by atoms with Crippen LogP contribution in [0.4, 0.5) is 4.79 Å². The summed E-state index contributed by atoms with van der Waals surface area (Å²) in [6, 6.07) is 17.9. The minimum Gasteiger partial charge on any atom is -0.461 e. The van der Waals surface area contributed by atoms with Gasteiger partial charge in [0.1, 0.15) is 12.2 Å². The third-order valence-electron chi connectivity index (χ3n) is 4.18. The van der Waals surface area contributed by atoms with Crippen molar-refractivity contribution in [2.45, 2.75) is 58.3 Å². The molecule has 30 heavy (non-hydrogen) atoms. The zero-order valence-corrected chi connectivity index (χ0v) is 17.7. The minimum atomic E-state index is -0.788. The molecule has 0 saturated carbocycles. The summed E-state index contributed by atoms with van der Waals surface area (Å²) < 4.78 is 10.5. The predicted octanol–water partition coefficient (Wildman–Crippen LogP) is 4.22. The Bertz CT molecular complexity index is 828. The molecule has 0 aliphatic rings. The minimum absolute atomic E-state index is 0.0269. The molecule has 160 valence electrons. The van der Waals surface area contributed by atoms with Crippen molar-refractivity contribution in [3.8, 4) is 0 Å². The van der Waals surface area contributed by atoms with E-state index in [0.29, 0.717) is 6.42 Å². The van der Waals surface area contributed by atoms with Gasteiger partial charge in [-0.25, -0.2) is 4.79 Å². The van der Waals surface area contributed by atoms with Crippen molar-refractivity contribution in [3.05, 3.63) is 71.8 Å². The highest BCUT2D eigenvalue weighted by Gasteiger charge is 2.25. The largest absolute Gasteiger partial charge is 0.461 e. The van der Waals surface area contributed by atoms with Crippen LogP contribution in [0, 0.1) is 0 Å². The fourth-order valence-corrected chi connectivity index (χ4v) is 2.75. The van der Waals surface area contributed by atoms with E-state index in [0.717, 1.165) is 11.1 Å². The number of benzene rings is 2. The van der Waals surface area contributed by atoms with Gasteiger partial charge in [0.15, 0.2) is 5.78 Å². The molecule has 0 fully saturated rings. The van der Waals surface area contributed by atoms with Crippen LogP contribution in [0.3, 0.4) is 0 Å². The van der Waals surface area contributed by atoms with Gasteiger partial charge in [-0.05, 0) is 38.3 Å². The monoisotopic (exact) mass is 411 g/mol. The van der Waals surface area contributed by atoms with Crippen molar-refractivity contribution in [2.24, 2.45) is 0 Å². The van der Waals surface area contributed by atoms with Crippen molar-refractivity contribution < 1.29 is 23.9 Å². The Morgan fingerprint density at radius 3 is 2.00 bits per heavy atom. The summed E-state index contributed by atoms with van der Waals surface area (Å²) >= 11 is 0. The summed E-state index contributed by atoms with van der Waals surface area (Å²) in [7, 11) is 0. The summed E-state index contributed by atoms with van der Waals surface area (Å²) in [5, 5.41) is 2.64. The van der Waals surface area contributed by atoms with Gasteiger partial charge < -0.3 is 14.8 Å². The number of rotatable bonds is 9. The molecule has 2 aromatic rings. The maximum absolute atomic E-state index is 12.7. The van der Waals surface area contributed by atoms with E-state index in [1.54, 1.807) is 20.8 Å². The molecule has 0 heterocycles. The maximum Gasteiger partial charge on any atom is 0.408 e. The van der Waals surface area contributed by atoms with Gasteiger partial charge >= 0.3 is 12.1 Å². The first-order valence-corrected chi connectivity index (χ1v) is 9.98. The van der Waals surface area contributed by atoms with E-state index in [9.17, 15) is 14.4 Å². The maximum atomic E-state index is 12.7. The zero-order valence-electron chi connectivity index (χ0n) is 17.7. The van der Waals surface area contributed by atoms with Crippen molar-refractivity contribution in [2.75, 3.05) is 0 Å². The predicted molar refractivity (Wildman–Crippen MR) is 114 cm³/mol. The molecule has 0 unspecified atom stereocenters. The first kappa shape index (κ1) is 23.1. The van der Waals surface area contributed by atoms with Gasteiger partial charge in [0.05, 0.1) is 12.5 Å². The van der Waals surface area contributed by atoms with E-state index in [-0.39, 0.29) is 25.2 Å². The van der Waals surface area contributed by atoms with E-state index in [2.05, 4.69) is 5.32 Å². The summed E-state index contributed by atoms with van der Waals surface area (Å²) in [5.41, 5.74) is 1.11. The number of carbonyl (C=O) groups excluding carboxylic acids is 3. The van der Waals surface area contributed by atoms with Crippen LogP contribution in [-0.4, -0.2) is 29.5 Å². The van der Waals surface area contributed by atoms with Gasteiger partial charge in [0.2, 0.25) is 0 Å². The van der Waals surface area contributed by atoms with Crippen LogP contribution in [0.5, 0.6) is 0 Å². The van der Waals surface area contributed by atoms with E-state index >= 15 is 0 Å². The van der Waals surface area contributed by atoms with Crippen molar-refractivity contribution in [1.82, 2.24) is 5.32 Å². The third kappa shape index (κ3) is 8.90. The van der Waals surface area contributed by atoms with Gasteiger partial charge in [-0.15, -0.1) is 0 Å². The van der Waals surface area contributed by atoms with E-state index in [1.807, 2.05) is 60.7 Å². The highest BCUT2D eigenvalue weighted by molar-refractivity contribution is 5.90. The van der Waals surface area contributed by atoms with Crippen molar-refractivity contribution in [3.63, 3.8) is 0 Å². The molecular formula is C24H29NO5. The van der Waals surface area contributed by atoms with Gasteiger partial charge in [-0.1, -0.05) is 60.7 Å². The standard InChI is InChI=1S/C24H29NO5/c1-24(2,3)30-23(28)25-20(16-18-10-6-4-7-11-18)21(26)14-15-22(27)29-17-19-12-8-5-9-13-19/h4-13,20H,14-17H2,1-3H3,(H,25,28)/t20-/m0/s1. The molecule has 0 spiro atoms. The second-order valence-electron chi connectivity index (χ2n) is 8.00. The molecule has 0 radical (unpaired) electrons. The molecule has 2 rings (SSSR count). The number of hydrogen-bond donors (Lipinski definition) is 1. The molecule has 0 aromatic heterocycles. The van der Waals surface area contributed by atoms with Gasteiger partial charge in [-0.3, -0.25) is 9.59 Å².